The molecule has 0 aliphatic heterocycles. The summed E-state index contributed by atoms with van der Waals surface area (Å²) in [5.41, 5.74) is 4.60. The van der Waals surface area contributed by atoms with Crippen LogP contribution in [-0.4, -0.2) is 23.8 Å². The van der Waals surface area contributed by atoms with Gasteiger partial charge in [0, 0.05) is 6.54 Å². The van der Waals surface area contributed by atoms with E-state index < -0.39 is 29.7 Å². The third-order valence-corrected chi connectivity index (χ3v) is 2.68. The summed E-state index contributed by atoms with van der Waals surface area (Å²) in [6, 6.07) is 2.29. The molecule has 1 aromatic rings. The number of hydrogen-bond acceptors (Lipinski definition) is 2. The second kappa shape index (κ2) is 9.35. The van der Waals surface area contributed by atoms with E-state index in [4.69, 9.17) is 15.6 Å². The molecule has 0 aliphatic rings. The van der Waals surface area contributed by atoms with E-state index in [1.54, 1.807) is 0 Å². The van der Waals surface area contributed by atoms with E-state index in [0.29, 0.717) is 12.4 Å². The van der Waals surface area contributed by atoms with Crippen molar-refractivity contribution < 1.29 is 45.0 Å². The van der Waals surface area contributed by atoms with Crippen molar-refractivity contribution in [2.75, 3.05) is 6.54 Å². The van der Waals surface area contributed by atoms with Crippen molar-refractivity contribution in [1.82, 2.24) is 0 Å². The number of aryl methyl sites for hydroxylation is 1. The number of hydrogen-bond donors (Lipinski definition) is 2. The van der Waals surface area contributed by atoms with Crippen LogP contribution >= 0.6 is 0 Å². The number of nitrogens with two attached hydrogens (primary N) is 1. The van der Waals surface area contributed by atoms with E-state index in [1.807, 2.05) is 0 Å². The van der Waals surface area contributed by atoms with Crippen LogP contribution in [0.25, 0.3) is 0 Å². The first kappa shape index (κ1) is 22.8. The summed E-state index contributed by atoms with van der Waals surface area (Å²) in [4.78, 5) is 8.90. The largest absolute Gasteiger partial charge is 0.490 e. The molecular weight excluding hydrogens is 366 g/mol. The van der Waals surface area contributed by atoms with Gasteiger partial charge in [0.25, 0.3) is 0 Å². The highest BCUT2D eigenvalue weighted by Crippen LogP contribution is 2.30. The Bertz CT molecular complexity index is 608. The molecule has 0 radical (unpaired) electrons. The fourth-order valence-electron chi connectivity index (χ4n) is 1.46. The molecule has 0 saturated carbocycles. The average Bonchev–Trinajstić information content (AvgIpc) is 2.46. The maximum absolute atomic E-state index is 13.0. The van der Waals surface area contributed by atoms with Crippen LogP contribution in [0.3, 0.4) is 0 Å². The zero-order valence-electron chi connectivity index (χ0n) is 12.4. The quantitative estimate of drug-likeness (QED) is 0.770. The lowest BCUT2D eigenvalue weighted by Crippen LogP contribution is -2.21. The minimum atomic E-state index is -5.08. The molecule has 1 rings (SSSR count). The molecule has 0 aromatic heterocycles. The van der Waals surface area contributed by atoms with Gasteiger partial charge in [0.2, 0.25) is 0 Å². The van der Waals surface area contributed by atoms with Gasteiger partial charge in [0.1, 0.15) is 5.82 Å². The fourth-order valence-corrected chi connectivity index (χ4v) is 1.46. The first-order chi connectivity index (χ1) is 11.3. The Morgan fingerprint density at radius 2 is 1.64 bits per heavy atom. The van der Waals surface area contributed by atoms with Gasteiger partial charge in [-0.1, -0.05) is 0 Å². The predicted octanol–water partition coefficient (Wildman–Crippen LogP) is 4.22. The molecule has 0 atom stereocenters. The first-order valence-electron chi connectivity index (χ1n) is 6.46. The third-order valence-electron chi connectivity index (χ3n) is 2.68. The topological polar surface area (TPSA) is 63.3 Å². The van der Waals surface area contributed by atoms with Crippen molar-refractivity contribution in [3.05, 3.63) is 47.0 Å². The Morgan fingerprint density at radius 1 is 1.12 bits per heavy atom. The Morgan fingerprint density at radius 3 is 2.00 bits per heavy atom. The number of alkyl halides is 6. The van der Waals surface area contributed by atoms with Crippen molar-refractivity contribution in [2.45, 2.75) is 25.2 Å². The standard InChI is InChI=1S/C12H12F5N.C2HF3O2/c13-6-9(7-18)2-1-8-3-10(12(15,16)17)5-11(14)4-8;3-2(4,5)1(6)7/h3-6H,1-2,7,18H2;(H,6,7)/b9-6+;. The summed E-state index contributed by atoms with van der Waals surface area (Å²) >= 11 is 0. The molecule has 0 aliphatic carbocycles. The molecular formula is C14H13F8NO2. The fraction of sp³-hybridized carbons (Fsp3) is 0.357. The van der Waals surface area contributed by atoms with E-state index >= 15 is 0 Å². The van der Waals surface area contributed by atoms with Crippen LogP contribution in [0.1, 0.15) is 17.5 Å². The summed E-state index contributed by atoms with van der Waals surface area (Å²) in [6.45, 7) is -0.0159. The Kier molecular flexibility index (Phi) is 8.54. The summed E-state index contributed by atoms with van der Waals surface area (Å²) in [5.74, 6) is -3.72. The molecule has 0 spiro atoms. The Hall–Kier alpha value is -2.17. The summed E-state index contributed by atoms with van der Waals surface area (Å²) in [7, 11) is 0. The van der Waals surface area contributed by atoms with E-state index in [1.165, 1.54) is 0 Å². The van der Waals surface area contributed by atoms with Gasteiger partial charge in [-0.25, -0.2) is 13.6 Å². The maximum Gasteiger partial charge on any atom is 0.490 e. The number of halogens is 8. The molecule has 3 nitrogen and oxygen atoms in total. The second-order valence-corrected chi connectivity index (χ2v) is 4.62. The number of carbonyl (C=O) groups is 1. The van der Waals surface area contributed by atoms with Gasteiger partial charge in [-0.05, 0) is 42.2 Å². The maximum atomic E-state index is 13.0. The van der Waals surface area contributed by atoms with Crippen molar-refractivity contribution in [3.63, 3.8) is 0 Å². The molecule has 0 fully saturated rings. The monoisotopic (exact) mass is 379 g/mol. The van der Waals surface area contributed by atoms with Crippen LogP contribution in [0.2, 0.25) is 0 Å². The van der Waals surface area contributed by atoms with Crippen LogP contribution in [0.5, 0.6) is 0 Å². The molecule has 0 unspecified atom stereocenters. The van der Waals surface area contributed by atoms with Crippen molar-refractivity contribution in [2.24, 2.45) is 5.73 Å². The lowest BCUT2D eigenvalue weighted by Gasteiger charge is -2.09. The minimum Gasteiger partial charge on any atom is -0.475 e. The third kappa shape index (κ3) is 9.03. The van der Waals surface area contributed by atoms with Crippen molar-refractivity contribution in [1.29, 1.82) is 0 Å². The second-order valence-electron chi connectivity index (χ2n) is 4.62. The van der Waals surface area contributed by atoms with Crippen LogP contribution in [0.4, 0.5) is 35.1 Å². The summed E-state index contributed by atoms with van der Waals surface area (Å²) in [6.07, 6.45) is -9.09. The van der Waals surface area contributed by atoms with Crippen LogP contribution in [0.15, 0.2) is 30.1 Å². The molecule has 0 bridgehead atoms. The van der Waals surface area contributed by atoms with Crippen LogP contribution < -0.4 is 5.73 Å². The Balaban J connectivity index is 0.000000697. The number of benzene rings is 1. The number of carboxylic acids is 1. The molecule has 1 aromatic carbocycles. The molecule has 3 N–H and O–H groups in total. The molecule has 142 valence electrons. The van der Waals surface area contributed by atoms with Gasteiger partial charge < -0.3 is 10.8 Å². The zero-order chi connectivity index (χ0) is 19.8. The summed E-state index contributed by atoms with van der Waals surface area (Å²) < 4.78 is 94.2. The van der Waals surface area contributed by atoms with Crippen molar-refractivity contribution in [3.8, 4) is 0 Å². The molecule has 11 heteroatoms. The SMILES string of the molecule is NC/C(=C/F)CCc1cc(F)cc(C(F)(F)F)c1.O=C(O)C(F)(F)F. The lowest BCUT2D eigenvalue weighted by atomic mass is 10.0. The summed E-state index contributed by atoms with van der Waals surface area (Å²) in [5, 5.41) is 7.12. The molecule has 25 heavy (non-hydrogen) atoms. The Labute approximate surface area is 136 Å². The zero-order valence-corrected chi connectivity index (χ0v) is 12.4. The van der Waals surface area contributed by atoms with E-state index in [0.717, 1.165) is 12.1 Å². The smallest absolute Gasteiger partial charge is 0.475 e. The average molecular weight is 379 g/mol. The number of aliphatic carboxylic acids is 1. The van der Waals surface area contributed by atoms with Gasteiger partial charge in [-0.3, -0.25) is 0 Å². The van der Waals surface area contributed by atoms with Gasteiger partial charge in [0.05, 0.1) is 11.9 Å². The number of rotatable bonds is 4. The van der Waals surface area contributed by atoms with Crippen molar-refractivity contribution >= 4 is 5.97 Å². The highest BCUT2D eigenvalue weighted by Gasteiger charge is 2.38. The highest BCUT2D eigenvalue weighted by molar-refractivity contribution is 5.73. The molecule has 0 saturated heterocycles. The van der Waals surface area contributed by atoms with Gasteiger partial charge >= 0.3 is 18.3 Å². The molecule has 0 heterocycles. The van der Waals surface area contributed by atoms with Crippen LogP contribution in [-0.2, 0) is 17.4 Å². The van der Waals surface area contributed by atoms with E-state index in [2.05, 4.69) is 0 Å². The highest BCUT2D eigenvalue weighted by atomic mass is 19.4. The number of carboxylic acid groups (broad SMARTS) is 1. The van der Waals surface area contributed by atoms with E-state index in [9.17, 15) is 35.1 Å². The first-order valence-corrected chi connectivity index (χ1v) is 6.46. The molecule has 0 amide bonds. The normalized spacial score (nSPS) is 12.4. The van der Waals surface area contributed by atoms with Gasteiger partial charge in [-0.2, -0.15) is 26.3 Å². The lowest BCUT2D eigenvalue weighted by molar-refractivity contribution is -0.192. The van der Waals surface area contributed by atoms with Gasteiger partial charge in [0.15, 0.2) is 0 Å². The van der Waals surface area contributed by atoms with Gasteiger partial charge in [-0.15, -0.1) is 0 Å². The van der Waals surface area contributed by atoms with E-state index in [-0.39, 0.29) is 30.5 Å². The predicted molar refractivity (Wildman–Crippen MR) is 71.7 cm³/mol. The minimum absolute atomic E-state index is 0.0159. The van der Waals surface area contributed by atoms with Crippen LogP contribution in [0, 0.1) is 5.82 Å².